The van der Waals surface area contributed by atoms with Crippen LogP contribution >= 0.6 is 23.6 Å². The number of nitrogens with zero attached hydrogens (tertiary/aromatic N) is 1. The van der Waals surface area contributed by atoms with E-state index >= 15 is 0 Å². The molecule has 100 valence electrons. The standard InChI is InChI=1S/C13H14FN3S2/c1-7-6-16-13(19-7)8(2)17-10-5-3-4-9(14)11(10)12(15)18/h3-6,8,17H,1-2H3,(H2,15,18). The molecule has 6 heteroatoms. The van der Waals surface area contributed by atoms with E-state index in [0.717, 1.165) is 9.88 Å². The van der Waals surface area contributed by atoms with Gasteiger partial charge in [0.2, 0.25) is 0 Å². The van der Waals surface area contributed by atoms with Crippen LogP contribution in [0.15, 0.2) is 24.4 Å². The molecule has 0 aliphatic carbocycles. The van der Waals surface area contributed by atoms with Gasteiger partial charge in [-0.2, -0.15) is 0 Å². The Hall–Kier alpha value is -1.53. The lowest BCUT2D eigenvalue weighted by molar-refractivity contribution is 0.625. The zero-order valence-corrected chi connectivity index (χ0v) is 12.2. The van der Waals surface area contributed by atoms with Crippen molar-refractivity contribution in [3.8, 4) is 0 Å². The third kappa shape index (κ3) is 3.08. The van der Waals surface area contributed by atoms with Crippen LogP contribution in [0.3, 0.4) is 0 Å². The van der Waals surface area contributed by atoms with E-state index in [4.69, 9.17) is 18.0 Å². The molecule has 0 bridgehead atoms. The summed E-state index contributed by atoms with van der Waals surface area (Å²) in [5, 5.41) is 4.14. The zero-order chi connectivity index (χ0) is 14.0. The molecular formula is C13H14FN3S2. The summed E-state index contributed by atoms with van der Waals surface area (Å²) < 4.78 is 13.7. The largest absolute Gasteiger partial charge is 0.389 e. The number of thiazole rings is 1. The molecule has 0 amide bonds. The predicted molar refractivity (Wildman–Crippen MR) is 81.2 cm³/mol. The monoisotopic (exact) mass is 295 g/mol. The maximum atomic E-state index is 13.7. The van der Waals surface area contributed by atoms with E-state index in [9.17, 15) is 4.39 Å². The fourth-order valence-electron chi connectivity index (χ4n) is 1.76. The smallest absolute Gasteiger partial charge is 0.135 e. The average molecular weight is 295 g/mol. The minimum absolute atomic E-state index is 0.0337. The molecule has 0 aliphatic rings. The van der Waals surface area contributed by atoms with E-state index in [0.29, 0.717) is 5.69 Å². The number of nitrogens with two attached hydrogens (primary N) is 1. The topological polar surface area (TPSA) is 50.9 Å². The first-order chi connectivity index (χ1) is 8.99. The maximum Gasteiger partial charge on any atom is 0.135 e. The average Bonchev–Trinajstić information content (AvgIpc) is 2.75. The van der Waals surface area contributed by atoms with Crippen molar-refractivity contribution in [3.63, 3.8) is 0 Å². The van der Waals surface area contributed by atoms with Gasteiger partial charge in [0.1, 0.15) is 15.8 Å². The van der Waals surface area contributed by atoms with Crippen molar-refractivity contribution in [3.05, 3.63) is 45.7 Å². The molecule has 0 saturated carbocycles. The van der Waals surface area contributed by atoms with Gasteiger partial charge in [-0.25, -0.2) is 9.37 Å². The summed E-state index contributed by atoms with van der Waals surface area (Å²) in [6.07, 6.45) is 1.82. The summed E-state index contributed by atoms with van der Waals surface area (Å²) in [6, 6.07) is 4.69. The van der Waals surface area contributed by atoms with Crippen LogP contribution in [0.2, 0.25) is 0 Å². The molecule has 2 aromatic rings. The van der Waals surface area contributed by atoms with Gasteiger partial charge in [0.05, 0.1) is 11.6 Å². The van der Waals surface area contributed by atoms with Crippen LogP contribution in [-0.2, 0) is 0 Å². The lowest BCUT2D eigenvalue weighted by atomic mass is 10.1. The first kappa shape index (κ1) is 13.9. The Morgan fingerprint density at radius 2 is 2.26 bits per heavy atom. The number of thiocarbonyl (C=S) groups is 1. The molecule has 1 atom stereocenters. The lowest BCUT2D eigenvalue weighted by Gasteiger charge is -2.16. The number of halogens is 1. The molecule has 3 N–H and O–H groups in total. The molecule has 3 nitrogen and oxygen atoms in total. The van der Waals surface area contributed by atoms with Crippen LogP contribution in [0.1, 0.15) is 28.4 Å². The number of nitrogens with one attached hydrogen (secondary N) is 1. The molecule has 1 heterocycles. The number of hydrogen-bond donors (Lipinski definition) is 2. The number of hydrogen-bond acceptors (Lipinski definition) is 4. The molecule has 19 heavy (non-hydrogen) atoms. The number of anilines is 1. The van der Waals surface area contributed by atoms with Gasteiger partial charge in [0.15, 0.2) is 0 Å². The van der Waals surface area contributed by atoms with Gasteiger partial charge in [-0.3, -0.25) is 0 Å². The van der Waals surface area contributed by atoms with Crippen LogP contribution in [0.25, 0.3) is 0 Å². The van der Waals surface area contributed by atoms with Crippen molar-refractivity contribution in [2.75, 3.05) is 5.32 Å². The van der Waals surface area contributed by atoms with Crippen LogP contribution in [-0.4, -0.2) is 9.97 Å². The highest BCUT2D eigenvalue weighted by Gasteiger charge is 2.15. The second-order valence-corrected chi connectivity index (χ2v) is 5.91. The van der Waals surface area contributed by atoms with Crippen molar-refractivity contribution in [1.29, 1.82) is 0 Å². The highest BCUT2D eigenvalue weighted by atomic mass is 32.1. The minimum atomic E-state index is -0.417. The molecule has 0 aliphatic heterocycles. The molecule has 0 saturated heterocycles. The van der Waals surface area contributed by atoms with Crippen molar-refractivity contribution < 1.29 is 4.39 Å². The molecule has 1 aromatic carbocycles. The van der Waals surface area contributed by atoms with E-state index in [1.54, 1.807) is 23.5 Å². The second kappa shape index (κ2) is 5.63. The molecule has 1 aromatic heterocycles. The predicted octanol–water partition coefficient (Wildman–Crippen LogP) is 3.40. The van der Waals surface area contributed by atoms with Gasteiger partial charge < -0.3 is 11.1 Å². The van der Waals surface area contributed by atoms with Crippen molar-refractivity contribution in [1.82, 2.24) is 4.98 Å². The summed E-state index contributed by atoms with van der Waals surface area (Å²) >= 11 is 6.50. The molecular weight excluding hydrogens is 281 g/mol. The van der Waals surface area contributed by atoms with Crippen LogP contribution < -0.4 is 11.1 Å². The van der Waals surface area contributed by atoms with Crippen molar-refractivity contribution in [2.45, 2.75) is 19.9 Å². The highest BCUT2D eigenvalue weighted by Crippen LogP contribution is 2.26. The normalized spacial score (nSPS) is 12.2. The van der Waals surface area contributed by atoms with Crippen LogP contribution in [0, 0.1) is 12.7 Å². The van der Waals surface area contributed by atoms with E-state index in [2.05, 4.69) is 10.3 Å². The minimum Gasteiger partial charge on any atom is -0.389 e. The summed E-state index contributed by atoms with van der Waals surface area (Å²) in [5.74, 6) is -0.417. The molecule has 0 fully saturated rings. The van der Waals surface area contributed by atoms with Crippen molar-refractivity contribution >= 4 is 34.2 Å². The molecule has 2 rings (SSSR count). The summed E-state index contributed by atoms with van der Waals surface area (Å²) in [7, 11) is 0. The van der Waals surface area contributed by atoms with Crippen LogP contribution in [0.4, 0.5) is 10.1 Å². The first-order valence-corrected chi connectivity index (χ1v) is 6.98. The lowest BCUT2D eigenvalue weighted by Crippen LogP contribution is -2.16. The summed E-state index contributed by atoms with van der Waals surface area (Å²) in [4.78, 5) is 5.49. The Morgan fingerprint density at radius 1 is 1.53 bits per heavy atom. The number of aromatic nitrogens is 1. The second-order valence-electron chi connectivity index (χ2n) is 4.20. The Balaban J connectivity index is 2.28. The van der Waals surface area contributed by atoms with Crippen LogP contribution in [0.5, 0.6) is 0 Å². The maximum absolute atomic E-state index is 13.7. The van der Waals surface area contributed by atoms with Gasteiger partial charge >= 0.3 is 0 Å². The first-order valence-electron chi connectivity index (χ1n) is 5.76. The van der Waals surface area contributed by atoms with Gasteiger partial charge in [-0.15, -0.1) is 11.3 Å². The van der Waals surface area contributed by atoms with E-state index in [-0.39, 0.29) is 16.6 Å². The fraction of sp³-hybridized carbons (Fsp3) is 0.231. The molecule has 0 radical (unpaired) electrons. The SMILES string of the molecule is Cc1cnc(C(C)Nc2cccc(F)c2C(N)=S)s1. The summed E-state index contributed by atoms with van der Waals surface area (Å²) in [5.41, 5.74) is 6.41. The van der Waals surface area contributed by atoms with E-state index < -0.39 is 5.82 Å². The van der Waals surface area contributed by atoms with Gasteiger partial charge in [-0.05, 0) is 26.0 Å². The molecule has 0 spiro atoms. The Kier molecular flexibility index (Phi) is 4.11. The third-order valence-electron chi connectivity index (χ3n) is 2.64. The third-order valence-corrected chi connectivity index (χ3v) is 3.94. The fourth-order valence-corrected chi connectivity index (χ4v) is 2.75. The Morgan fingerprint density at radius 3 is 2.84 bits per heavy atom. The number of benzene rings is 1. The zero-order valence-electron chi connectivity index (χ0n) is 10.6. The molecule has 1 unspecified atom stereocenters. The number of rotatable bonds is 4. The van der Waals surface area contributed by atoms with E-state index in [1.807, 2.05) is 20.0 Å². The van der Waals surface area contributed by atoms with E-state index in [1.165, 1.54) is 6.07 Å². The highest BCUT2D eigenvalue weighted by molar-refractivity contribution is 7.80. The van der Waals surface area contributed by atoms with Gasteiger partial charge in [0.25, 0.3) is 0 Å². The Labute approximate surface area is 120 Å². The Bertz CT molecular complexity index is 610. The quantitative estimate of drug-likeness (QED) is 0.849. The van der Waals surface area contributed by atoms with Gasteiger partial charge in [-0.1, -0.05) is 18.3 Å². The van der Waals surface area contributed by atoms with Crippen molar-refractivity contribution in [2.24, 2.45) is 5.73 Å². The number of aryl methyl sites for hydroxylation is 1. The van der Waals surface area contributed by atoms with Gasteiger partial charge in [0, 0.05) is 16.8 Å². The summed E-state index contributed by atoms with van der Waals surface area (Å²) in [6.45, 7) is 3.96.